The van der Waals surface area contributed by atoms with E-state index in [4.69, 9.17) is 11.6 Å². The van der Waals surface area contributed by atoms with E-state index in [0.29, 0.717) is 16.6 Å². The van der Waals surface area contributed by atoms with Gasteiger partial charge in [0.25, 0.3) is 0 Å². The summed E-state index contributed by atoms with van der Waals surface area (Å²) in [6.07, 6.45) is 4.92. The van der Waals surface area contributed by atoms with Crippen molar-refractivity contribution < 1.29 is 0 Å². The van der Waals surface area contributed by atoms with Crippen LogP contribution in [0.1, 0.15) is 39.5 Å². The van der Waals surface area contributed by atoms with Gasteiger partial charge in [0, 0.05) is 6.04 Å². The topological polar surface area (TPSA) is 37.8 Å². The second-order valence-corrected chi connectivity index (χ2v) is 5.87. The second-order valence-electron chi connectivity index (χ2n) is 4.99. The van der Waals surface area contributed by atoms with E-state index in [-0.39, 0.29) is 0 Å². The Kier molecular flexibility index (Phi) is 3.16. The molecule has 84 valence electrons. The molecule has 1 N–H and O–H groups in total. The molecule has 1 heterocycles. The Hall–Kier alpha value is -0.350. The Morgan fingerprint density at radius 1 is 1.33 bits per heavy atom. The largest absolute Gasteiger partial charge is 0.364 e. The fourth-order valence-corrected chi connectivity index (χ4v) is 2.66. The normalized spacial score (nSPS) is 21.5. The van der Waals surface area contributed by atoms with Crippen molar-refractivity contribution in [3.63, 3.8) is 0 Å². The first-order valence-electron chi connectivity index (χ1n) is 5.31. The summed E-state index contributed by atoms with van der Waals surface area (Å²) in [5, 5.41) is 3.88. The van der Waals surface area contributed by atoms with Gasteiger partial charge in [0.05, 0.1) is 11.7 Å². The van der Waals surface area contributed by atoms with E-state index in [9.17, 15) is 0 Å². The maximum absolute atomic E-state index is 5.89. The lowest BCUT2D eigenvalue weighted by Crippen LogP contribution is -2.30. The molecule has 5 heteroatoms. The van der Waals surface area contributed by atoms with E-state index in [2.05, 4.69) is 27.9 Å². The van der Waals surface area contributed by atoms with Crippen LogP contribution in [0.2, 0.25) is 5.15 Å². The van der Waals surface area contributed by atoms with Gasteiger partial charge in [-0.15, -0.1) is 0 Å². The van der Waals surface area contributed by atoms with Crippen molar-refractivity contribution >= 4 is 29.1 Å². The van der Waals surface area contributed by atoms with Crippen LogP contribution in [0.25, 0.3) is 0 Å². The van der Waals surface area contributed by atoms with Crippen LogP contribution < -0.4 is 5.32 Å². The van der Waals surface area contributed by atoms with Crippen LogP contribution in [0.4, 0.5) is 5.82 Å². The van der Waals surface area contributed by atoms with Gasteiger partial charge in [-0.25, -0.2) is 0 Å². The number of hydrogen-bond donors (Lipinski definition) is 1. The zero-order valence-corrected chi connectivity index (χ0v) is 10.7. The molecule has 15 heavy (non-hydrogen) atoms. The average molecular weight is 246 g/mol. The first kappa shape index (κ1) is 11.1. The van der Waals surface area contributed by atoms with E-state index < -0.39 is 0 Å². The van der Waals surface area contributed by atoms with E-state index in [1.165, 1.54) is 25.7 Å². The highest BCUT2D eigenvalue weighted by molar-refractivity contribution is 6.99. The molecule has 0 spiro atoms. The number of anilines is 1. The fourth-order valence-electron chi connectivity index (χ4n) is 2.00. The van der Waals surface area contributed by atoms with Crippen molar-refractivity contribution in [1.29, 1.82) is 0 Å². The lowest BCUT2D eigenvalue weighted by Gasteiger charge is -2.34. The van der Waals surface area contributed by atoms with Gasteiger partial charge < -0.3 is 5.32 Å². The molecule has 0 bridgehead atoms. The number of halogens is 1. The van der Waals surface area contributed by atoms with Crippen molar-refractivity contribution in [3.05, 3.63) is 5.15 Å². The van der Waals surface area contributed by atoms with E-state index in [1.807, 2.05) is 0 Å². The molecule has 0 aromatic carbocycles. The summed E-state index contributed by atoms with van der Waals surface area (Å²) in [6, 6.07) is 0.513. The summed E-state index contributed by atoms with van der Waals surface area (Å²) in [7, 11) is 0. The van der Waals surface area contributed by atoms with Gasteiger partial charge in [-0.3, -0.25) is 0 Å². The van der Waals surface area contributed by atoms with Crippen LogP contribution in [-0.4, -0.2) is 14.8 Å². The molecule has 0 unspecified atom stereocenters. The summed E-state index contributed by atoms with van der Waals surface area (Å²) in [5.41, 5.74) is 0.502. The van der Waals surface area contributed by atoms with E-state index in [0.717, 1.165) is 17.5 Å². The fraction of sp³-hybridized carbons (Fsp3) is 0.800. The van der Waals surface area contributed by atoms with Crippen LogP contribution in [0.15, 0.2) is 0 Å². The summed E-state index contributed by atoms with van der Waals surface area (Å²) in [6.45, 7) is 4.67. The van der Waals surface area contributed by atoms with Crippen molar-refractivity contribution in [2.75, 3.05) is 5.32 Å². The van der Waals surface area contributed by atoms with E-state index >= 15 is 0 Å². The number of rotatable bonds is 2. The van der Waals surface area contributed by atoms with Gasteiger partial charge in [-0.2, -0.15) is 8.75 Å². The number of hydrogen-bond acceptors (Lipinski definition) is 4. The molecular weight excluding hydrogens is 230 g/mol. The van der Waals surface area contributed by atoms with Crippen LogP contribution in [0.5, 0.6) is 0 Å². The summed E-state index contributed by atoms with van der Waals surface area (Å²) >= 11 is 7.05. The minimum Gasteiger partial charge on any atom is -0.364 e. The van der Waals surface area contributed by atoms with Crippen LogP contribution in [0, 0.1) is 5.41 Å². The molecule has 1 aromatic heterocycles. The zero-order chi connectivity index (χ0) is 10.9. The standard InChI is InChI=1S/C10H16ClN3S/c1-10(2)5-3-7(4-6-10)12-9-8(11)13-15-14-9/h7H,3-6H2,1-2H3,(H,12,14). The van der Waals surface area contributed by atoms with Gasteiger partial charge in [0.1, 0.15) is 0 Å². The van der Waals surface area contributed by atoms with Crippen LogP contribution >= 0.6 is 23.3 Å². The summed E-state index contributed by atoms with van der Waals surface area (Å²) in [4.78, 5) is 0. The van der Waals surface area contributed by atoms with Gasteiger partial charge in [0.2, 0.25) is 0 Å². The van der Waals surface area contributed by atoms with Crippen molar-refractivity contribution in [2.24, 2.45) is 5.41 Å². The summed E-state index contributed by atoms with van der Waals surface area (Å²) in [5.74, 6) is 0.756. The Bertz CT molecular complexity index is 327. The Balaban J connectivity index is 1.90. The first-order chi connectivity index (χ1) is 7.07. The van der Waals surface area contributed by atoms with Gasteiger partial charge in [-0.05, 0) is 31.1 Å². The Morgan fingerprint density at radius 3 is 2.53 bits per heavy atom. The van der Waals surface area contributed by atoms with Crippen molar-refractivity contribution in [3.8, 4) is 0 Å². The lowest BCUT2D eigenvalue weighted by molar-refractivity contribution is 0.232. The third-order valence-electron chi connectivity index (χ3n) is 3.13. The maximum atomic E-state index is 5.89. The number of nitrogens with one attached hydrogen (secondary N) is 1. The molecule has 3 nitrogen and oxygen atoms in total. The molecular formula is C10H16ClN3S. The molecule has 1 fully saturated rings. The SMILES string of the molecule is CC1(C)CCC(Nc2nsnc2Cl)CC1. The predicted molar refractivity (Wildman–Crippen MR) is 64.6 cm³/mol. The number of aromatic nitrogens is 2. The zero-order valence-electron chi connectivity index (χ0n) is 9.09. The van der Waals surface area contributed by atoms with Crippen molar-refractivity contribution in [2.45, 2.75) is 45.6 Å². The molecule has 0 amide bonds. The van der Waals surface area contributed by atoms with Gasteiger partial charge in [0.15, 0.2) is 11.0 Å². The molecule has 0 saturated heterocycles. The quantitative estimate of drug-likeness (QED) is 0.866. The molecule has 1 aromatic rings. The summed E-state index contributed by atoms with van der Waals surface area (Å²) < 4.78 is 8.08. The van der Waals surface area contributed by atoms with Crippen LogP contribution in [-0.2, 0) is 0 Å². The maximum Gasteiger partial charge on any atom is 0.186 e. The highest BCUT2D eigenvalue weighted by Crippen LogP contribution is 2.36. The lowest BCUT2D eigenvalue weighted by atomic mass is 9.75. The van der Waals surface area contributed by atoms with Crippen LogP contribution in [0.3, 0.4) is 0 Å². The Labute approximate surface area is 99.6 Å². The smallest absolute Gasteiger partial charge is 0.186 e. The van der Waals surface area contributed by atoms with Gasteiger partial charge >= 0.3 is 0 Å². The molecule has 1 aliphatic rings. The molecule has 0 atom stereocenters. The molecule has 0 aliphatic heterocycles. The minimum absolute atomic E-state index is 0.502. The molecule has 2 rings (SSSR count). The third-order valence-corrected chi connectivity index (χ3v) is 4.02. The Morgan fingerprint density at radius 2 is 2.00 bits per heavy atom. The highest BCUT2D eigenvalue weighted by atomic mass is 35.5. The van der Waals surface area contributed by atoms with Crippen molar-refractivity contribution in [1.82, 2.24) is 8.75 Å². The number of nitrogens with zero attached hydrogens (tertiary/aromatic N) is 2. The molecule has 0 radical (unpaired) electrons. The molecule has 1 aliphatic carbocycles. The first-order valence-corrected chi connectivity index (χ1v) is 6.42. The van der Waals surface area contributed by atoms with Gasteiger partial charge in [-0.1, -0.05) is 25.4 Å². The second kappa shape index (κ2) is 4.26. The average Bonchev–Trinajstić information content (AvgIpc) is 2.56. The third kappa shape index (κ3) is 2.82. The predicted octanol–water partition coefficient (Wildman–Crippen LogP) is 3.57. The monoisotopic (exact) mass is 245 g/mol. The highest BCUT2D eigenvalue weighted by Gasteiger charge is 2.27. The molecule has 1 saturated carbocycles. The minimum atomic E-state index is 0.502. The van der Waals surface area contributed by atoms with E-state index in [1.54, 1.807) is 0 Å².